The summed E-state index contributed by atoms with van der Waals surface area (Å²) >= 11 is 3.41. The smallest absolute Gasteiger partial charge is 0.0410 e. The second-order valence-electron chi connectivity index (χ2n) is 3.83. The third kappa shape index (κ3) is 2.53. The van der Waals surface area contributed by atoms with Crippen LogP contribution in [0.3, 0.4) is 0 Å². The maximum atomic E-state index is 5.52. The lowest BCUT2D eigenvalue weighted by Gasteiger charge is -2.14. The number of aromatic nitrogens is 1. The summed E-state index contributed by atoms with van der Waals surface area (Å²) in [5.74, 6) is 6.28. The Morgan fingerprint density at radius 3 is 2.93 bits per heavy atom. The van der Waals surface area contributed by atoms with Crippen molar-refractivity contribution in [2.24, 2.45) is 11.8 Å². The minimum atomic E-state index is 0.408. The molecule has 1 fully saturated rings. The lowest BCUT2D eigenvalue weighted by molar-refractivity contribution is 0.472. The van der Waals surface area contributed by atoms with Crippen LogP contribution in [0.25, 0.3) is 0 Å². The van der Waals surface area contributed by atoms with Gasteiger partial charge in [-0.15, -0.1) is 0 Å². The Morgan fingerprint density at radius 1 is 1.57 bits per heavy atom. The minimum absolute atomic E-state index is 0.408. The second kappa shape index (κ2) is 4.38. The van der Waals surface area contributed by atoms with E-state index in [9.17, 15) is 0 Å². The molecule has 76 valence electrons. The summed E-state index contributed by atoms with van der Waals surface area (Å²) in [7, 11) is 0. The molecule has 4 heteroatoms. The summed E-state index contributed by atoms with van der Waals surface area (Å²) in [5, 5.41) is 0. The van der Waals surface area contributed by atoms with Crippen LogP contribution in [0.15, 0.2) is 22.9 Å². The van der Waals surface area contributed by atoms with Crippen molar-refractivity contribution in [2.45, 2.75) is 25.3 Å². The van der Waals surface area contributed by atoms with Gasteiger partial charge in [0, 0.05) is 22.9 Å². The molecule has 1 heterocycles. The minimum Gasteiger partial charge on any atom is -0.271 e. The van der Waals surface area contributed by atoms with E-state index in [0.29, 0.717) is 6.04 Å². The first-order valence-electron chi connectivity index (χ1n) is 4.85. The van der Waals surface area contributed by atoms with E-state index in [4.69, 9.17) is 5.84 Å². The molecule has 0 radical (unpaired) electrons. The van der Waals surface area contributed by atoms with E-state index in [1.165, 1.54) is 18.4 Å². The van der Waals surface area contributed by atoms with Crippen molar-refractivity contribution >= 4 is 15.9 Å². The summed E-state index contributed by atoms with van der Waals surface area (Å²) in [6.07, 6.45) is 7.27. The number of pyridine rings is 1. The Balaban J connectivity index is 2.01. The molecule has 1 aromatic rings. The number of hydrogen-bond donors (Lipinski definition) is 2. The van der Waals surface area contributed by atoms with Gasteiger partial charge in [-0.2, -0.15) is 0 Å². The first-order valence-corrected chi connectivity index (χ1v) is 5.64. The van der Waals surface area contributed by atoms with Crippen LogP contribution >= 0.6 is 15.9 Å². The van der Waals surface area contributed by atoms with Gasteiger partial charge in [-0.3, -0.25) is 16.3 Å². The standard InChI is InChI=1S/C10H14BrN3/c11-9-3-7(5-13-6-9)4-10(14-12)8-1-2-8/h3,5-6,8,10,14H,1-2,4,12H2. The van der Waals surface area contributed by atoms with Crippen molar-refractivity contribution in [1.29, 1.82) is 0 Å². The first-order chi connectivity index (χ1) is 6.79. The van der Waals surface area contributed by atoms with Crippen LogP contribution in [0.1, 0.15) is 18.4 Å². The predicted octanol–water partition coefficient (Wildman–Crippen LogP) is 1.63. The molecule has 1 unspecified atom stereocenters. The quantitative estimate of drug-likeness (QED) is 0.636. The zero-order valence-corrected chi connectivity index (χ0v) is 9.50. The van der Waals surface area contributed by atoms with Gasteiger partial charge in [0.2, 0.25) is 0 Å². The molecular formula is C10H14BrN3. The van der Waals surface area contributed by atoms with Gasteiger partial charge in [0.1, 0.15) is 0 Å². The second-order valence-corrected chi connectivity index (χ2v) is 4.74. The monoisotopic (exact) mass is 255 g/mol. The summed E-state index contributed by atoms with van der Waals surface area (Å²) in [4.78, 5) is 4.14. The summed E-state index contributed by atoms with van der Waals surface area (Å²) in [6, 6.07) is 2.51. The molecule has 0 saturated heterocycles. The predicted molar refractivity (Wildman–Crippen MR) is 59.5 cm³/mol. The van der Waals surface area contributed by atoms with Crippen molar-refractivity contribution in [3.63, 3.8) is 0 Å². The Kier molecular flexibility index (Phi) is 3.15. The number of hydrazine groups is 1. The lowest BCUT2D eigenvalue weighted by Crippen LogP contribution is -2.38. The lowest BCUT2D eigenvalue weighted by atomic mass is 10.0. The van der Waals surface area contributed by atoms with Crippen LogP contribution in [-0.4, -0.2) is 11.0 Å². The molecule has 3 N–H and O–H groups in total. The molecule has 0 amide bonds. The Labute approximate surface area is 92.2 Å². The number of nitrogens with two attached hydrogens (primary N) is 1. The molecule has 0 aliphatic heterocycles. The summed E-state index contributed by atoms with van der Waals surface area (Å²) < 4.78 is 1.03. The molecule has 1 aromatic heterocycles. The van der Waals surface area contributed by atoms with Crippen LogP contribution in [0.4, 0.5) is 0 Å². The molecule has 2 rings (SSSR count). The fourth-order valence-electron chi connectivity index (χ4n) is 1.68. The molecule has 3 nitrogen and oxygen atoms in total. The van der Waals surface area contributed by atoms with E-state index >= 15 is 0 Å². The summed E-state index contributed by atoms with van der Waals surface area (Å²) in [5.41, 5.74) is 4.12. The largest absolute Gasteiger partial charge is 0.271 e. The number of rotatable bonds is 4. The molecule has 1 atom stereocenters. The molecule has 0 spiro atoms. The third-order valence-electron chi connectivity index (χ3n) is 2.62. The Bertz CT molecular complexity index is 312. The highest BCUT2D eigenvalue weighted by atomic mass is 79.9. The van der Waals surface area contributed by atoms with Gasteiger partial charge in [0.15, 0.2) is 0 Å². The van der Waals surface area contributed by atoms with Gasteiger partial charge in [-0.05, 0) is 52.7 Å². The van der Waals surface area contributed by atoms with Gasteiger partial charge < -0.3 is 0 Å². The average molecular weight is 256 g/mol. The van der Waals surface area contributed by atoms with E-state index in [0.717, 1.165) is 16.8 Å². The summed E-state index contributed by atoms with van der Waals surface area (Å²) in [6.45, 7) is 0. The maximum Gasteiger partial charge on any atom is 0.0410 e. The van der Waals surface area contributed by atoms with Crippen LogP contribution in [0.2, 0.25) is 0 Å². The van der Waals surface area contributed by atoms with Gasteiger partial charge in [0.05, 0.1) is 0 Å². The van der Waals surface area contributed by atoms with Crippen LogP contribution in [0.5, 0.6) is 0 Å². The van der Waals surface area contributed by atoms with Crippen molar-refractivity contribution in [3.8, 4) is 0 Å². The van der Waals surface area contributed by atoms with E-state index in [1.807, 2.05) is 6.20 Å². The zero-order valence-electron chi connectivity index (χ0n) is 7.91. The molecule has 1 aliphatic rings. The van der Waals surface area contributed by atoms with E-state index in [1.54, 1.807) is 6.20 Å². The Hall–Kier alpha value is -0.450. The average Bonchev–Trinajstić information content (AvgIpc) is 2.97. The number of nitrogens with zero attached hydrogens (tertiary/aromatic N) is 1. The first kappa shape index (κ1) is 10.1. The van der Waals surface area contributed by atoms with Crippen molar-refractivity contribution in [3.05, 3.63) is 28.5 Å². The highest BCUT2D eigenvalue weighted by molar-refractivity contribution is 9.10. The maximum absolute atomic E-state index is 5.52. The molecule has 14 heavy (non-hydrogen) atoms. The van der Waals surface area contributed by atoms with Crippen LogP contribution in [0, 0.1) is 5.92 Å². The SMILES string of the molecule is NNC(Cc1cncc(Br)c1)C1CC1. The third-order valence-corrected chi connectivity index (χ3v) is 3.06. The van der Waals surface area contributed by atoms with Crippen LogP contribution in [-0.2, 0) is 6.42 Å². The molecule has 0 aromatic carbocycles. The topological polar surface area (TPSA) is 50.9 Å². The van der Waals surface area contributed by atoms with Gasteiger partial charge in [0.25, 0.3) is 0 Å². The van der Waals surface area contributed by atoms with E-state index < -0.39 is 0 Å². The van der Waals surface area contributed by atoms with E-state index in [-0.39, 0.29) is 0 Å². The van der Waals surface area contributed by atoms with Crippen LogP contribution < -0.4 is 11.3 Å². The molecule has 0 bridgehead atoms. The normalized spacial score (nSPS) is 18.1. The fourth-order valence-corrected chi connectivity index (χ4v) is 2.09. The van der Waals surface area contributed by atoms with Crippen molar-refractivity contribution < 1.29 is 0 Å². The van der Waals surface area contributed by atoms with Gasteiger partial charge >= 0.3 is 0 Å². The number of hydrogen-bond acceptors (Lipinski definition) is 3. The van der Waals surface area contributed by atoms with Gasteiger partial charge in [-0.25, -0.2) is 0 Å². The van der Waals surface area contributed by atoms with Crippen molar-refractivity contribution in [2.75, 3.05) is 0 Å². The number of nitrogens with one attached hydrogen (secondary N) is 1. The molecular weight excluding hydrogens is 242 g/mol. The number of halogens is 1. The fraction of sp³-hybridized carbons (Fsp3) is 0.500. The zero-order chi connectivity index (χ0) is 9.97. The van der Waals surface area contributed by atoms with Crippen molar-refractivity contribution in [1.82, 2.24) is 10.4 Å². The molecule has 1 aliphatic carbocycles. The van der Waals surface area contributed by atoms with E-state index in [2.05, 4.69) is 32.4 Å². The molecule has 1 saturated carbocycles. The highest BCUT2D eigenvalue weighted by Crippen LogP contribution is 2.33. The highest BCUT2D eigenvalue weighted by Gasteiger charge is 2.30. The van der Waals surface area contributed by atoms with Gasteiger partial charge in [-0.1, -0.05) is 0 Å². The Morgan fingerprint density at radius 2 is 2.36 bits per heavy atom.